The van der Waals surface area contributed by atoms with Crippen LogP contribution in [0, 0.1) is 0 Å². The maximum Gasteiger partial charge on any atom is 0.214 e. The molecular formula is C14H23NO4S. The van der Waals surface area contributed by atoms with Gasteiger partial charge in [-0.3, -0.25) is 0 Å². The van der Waals surface area contributed by atoms with Gasteiger partial charge >= 0.3 is 0 Å². The molecule has 114 valence electrons. The smallest absolute Gasteiger partial charge is 0.214 e. The van der Waals surface area contributed by atoms with Crippen LogP contribution in [0.1, 0.15) is 33.3 Å². The summed E-state index contributed by atoms with van der Waals surface area (Å²) in [6.07, 6.45) is 0. The number of aromatic hydroxyl groups is 2. The zero-order valence-electron chi connectivity index (χ0n) is 12.4. The van der Waals surface area contributed by atoms with Crippen molar-refractivity contribution < 1.29 is 18.6 Å². The minimum atomic E-state index is -3.40. The molecule has 0 fully saturated rings. The summed E-state index contributed by atoms with van der Waals surface area (Å²) in [6.45, 7) is 7.98. The van der Waals surface area contributed by atoms with Crippen molar-refractivity contribution >= 4 is 10.0 Å². The molecule has 0 aliphatic carbocycles. The minimum absolute atomic E-state index is 0.0475. The average Bonchev–Trinajstić information content (AvgIpc) is 2.27. The number of hydrogen-bond acceptors (Lipinski definition) is 4. The van der Waals surface area contributed by atoms with Crippen LogP contribution in [0.25, 0.3) is 0 Å². The first-order valence-corrected chi connectivity index (χ1v) is 8.25. The SMILES string of the molecule is CCN(CC)S(=O)(=O)CC(C)(C)c1ccc(O)cc1O. The average molecular weight is 301 g/mol. The van der Waals surface area contributed by atoms with E-state index in [-0.39, 0.29) is 17.3 Å². The van der Waals surface area contributed by atoms with Crippen LogP contribution in [0.15, 0.2) is 18.2 Å². The van der Waals surface area contributed by atoms with Gasteiger partial charge in [-0.1, -0.05) is 33.8 Å². The van der Waals surface area contributed by atoms with Gasteiger partial charge in [-0.2, -0.15) is 0 Å². The van der Waals surface area contributed by atoms with Crippen LogP contribution in [0.2, 0.25) is 0 Å². The van der Waals surface area contributed by atoms with Crippen LogP contribution in [-0.4, -0.2) is 41.8 Å². The summed E-state index contributed by atoms with van der Waals surface area (Å²) in [5.41, 5.74) is -0.245. The second kappa shape index (κ2) is 6.01. The number of rotatable bonds is 6. The Labute approximate surface area is 120 Å². The Kier molecular flexibility index (Phi) is 5.05. The molecule has 0 heterocycles. The molecule has 0 saturated carbocycles. The Morgan fingerprint density at radius 2 is 1.70 bits per heavy atom. The van der Waals surface area contributed by atoms with Gasteiger partial charge in [0.25, 0.3) is 0 Å². The van der Waals surface area contributed by atoms with Gasteiger partial charge in [-0.05, 0) is 6.07 Å². The molecule has 0 radical (unpaired) electrons. The number of nitrogens with zero attached hydrogens (tertiary/aromatic N) is 1. The Hall–Kier alpha value is -1.27. The molecule has 5 nitrogen and oxygen atoms in total. The third-order valence-corrected chi connectivity index (χ3v) is 5.74. The predicted octanol–water partition coefficient (Wildman–Crippen LogP) is 2.05. The maximum atomic E-state index is 12.4. The molecule has 0 spiro atoms. The lowest BCUT2D eigenvalue weighted by molar-refractivity contribution is 0.418. The van der Waals surface area contributed by atoms with Crippen molar-refractivity contribution in [3.05, 3.63) is 23.8 Å². The largest absolute Gasteiger partial charge is 0.508 e. The summed E-state index contributed by atoms with van der Waals surface area (Å²) in [5, 5.41) is 19.2. The molecule has 0 saturated heterocycles. The monoisotopic (exact) mass is 301 g/mol. The van der Waals surface area contributed by atoms with Gasteiger partial charge in [0.05, 0.1) is 5.75 Å². The topological polar surface area (TPSA) is 77.8 Å². The molecule has 1 rings (SSSR count). The second-order valence-corrected chi connectivity index (χ2v) is 7.39. The Bertz CT molecular complexity index is 563. The van der Waals surface area contributed by atoms with E-state index in [1.54, 1.807) is 33.8 Å². The number of sulfonamides is 1. The van der Waals surface area contributed by atoms with Gasteiger partial charge in [0.1, 0.15) is 11.5 Å². The van der Waals surface area contributed by atoms with Crippen LogP contribution in [0.5, 0.6) is 11.5 Å². The molecule has 0 aliphatic rings. The van der Waals surface area contributed by atoms with E-state index in [4.69, 9.17) is 0 Å². The highest BCUT2D eigenvalue weighted by atomic mass is 32.2. The van der Waals surface area contributed by atoms with E-state index in [0.29, 0.717) is 18.7 Å². The third kappa shape index (κ3) is 3.64. The van der Waals surface area contributed by atoms with E-state index < -0.39 is 15.4 Å². The molecular weight excluding hydrogens is 278 g/mol. The van der Waals surface area contributed by atoms with Gasteiger partial charge in [0, 0.05) is 30.1 Å². The summed E-state index contributed by atoms with van der Waals surface area (Å²) in [7, 11) is -3.40. The second-order valence-electron chi connectivity index (χ2n) is 5.43. The van der Waals surface area contributed by atoms with Crippen LogP contribution in [-0.2, 0) is 15.4 Å². The normalized spacial score (nSPS) is 12.8. The molecule has 20 heavy (non-hydrogen) atoms. The quantitative estimate of drug-likeness (QED) is 0.843. The molecule has 2 N–H and O–H groups in total. The first-order chi connectivity index (χ1) is 9.14. The molecule has 0 amide bonds. The Morgan fingerprint density at radius 3 is 2.15 bits per heavy atom. The number of hydrogen-bond donors (Lipinski definition) is 2. The fourth-order valence-corrected chi connectivity index (χ4v) is 4.37. The summed E-state index contributed by atoms with van der Waals surface area (Å²) in [4.78, 5) is 0. The van der Waals surface area contributed by atoms with Gasteiger partial charge in [-0.15, -0.1) is 0 Å². The van der Waals surface area contributed by atoms with E-state index >= 15 is 0 Å². The van der Waals surface area contributed by atoms with E-state index in [2.05, 4.69) is 0 Å². The third-order valence-electron chi connectivity index (χ3n) is 3.35. The molecule has 0 bridgehead atoms. The summed E-state index contributed by atoms with van der Waals surface area (Å²) < 4.78 is 26.1. The summed E-state index contributed by atoms with van der Waals surface area (Å²) in [6, 6.07) is 4.23. The van der Waals surface area contributed by atoms with E-state index in [1.807, 2.05) is 0 Å². The zero-order valence-corrected chi connectivity index (χ0v) is 13.2. The van der Waals surface area contributed by atoms with Crippen LogP contribution < -0.4 is 0 Å². The fourth-order valence-electron chi connectivity index (χ4n) is 2.33. The van der Waals surface area contributed by atoms with Gasteiger partial charge in [0.2, 0.25) is 10.0 Å². The number of phenols is 2. The van der Waals surface area contributed by atoms with Crippen LogP contribution in [0.4, 0.5) is 0 Å². The van der Waals surface area contributed by atoms with E-state index in [0.717, 1.165) is 0 Å². The first-order valence-electron chi connectivity index (χ1n) is 6.64. The lowest BCUT2D eigenvalue weighted by Crippen LogP contribution is -2.39. The Morgan fingerprint density at radius 1 is 1.15 bits per heavy atom. The summed E-state index contributed by atoms with van der Waals surface area (Å²) in [5.74, 6) is -0.238. The maximum absolute atomic E-state index is 12.4. The van der Waals surface area contributed by atoms with Crippen molar-refractivity contribution in [2.24, 2.45) is 0 Å². The van der Waals surface area contributed by atoms with Gasteiger partial charge < -0.3 is 10.2 Å². The van der Waals surface area contributed by atoms with Crippen molar-refractivity contribution in [3.63, 3.8) is 0 Å². The molecule has 6 heteroatoms. The number of benzene rings is 1. The van der Waals surface area contributed by atoms with Crippen molar-refractivity contribution in [2.45, 2.75) is 33.1 Å². The number of phenolic OH excluding ortho intramolecular Hbond substituents is 2. The van der Waals surface area contributed by atoms with Crippen molar-refractivity contribution in [3.8, 4) is 11.5 Å². The van der Waals surface area contributed by atoms with E-state index in [9.17, 15) is 18.6 Å². The highest BCUT2D eigenvalue weighted by Crippen LogP contribution is 2.34. The molecule has 1 aromatic carbocycles. The molecule has 1 aromatic rings. The summed E-state index contributed by atoms with van der Waals surface area (Å²) >= 11 is 0. The highest BCUT2D eigenvalue weighted by molar-refractivity contribution is 7.89. The minimum Gasteiger partial charge on any atom is -0.508 e. The standard InChI is InChI=1S/C14H23NO4S/c1-5-15(6-2)20(18,19)10-14(3,4)12-8-7-11(16)9-13(12)17/h7-9,16-17H,5-6,10H2,1-4H3. The van der Waals surface area contributed by atoms with Crippen LogP contribution >= 0.6 is 0 Å². The Balaban J connectivity index is 3.11. The van der Waals surface area contributed by atoms with E-state index in [1.165, 1.54) is 16.4 Å². The first kappa shape index (κ1) is 16.8. The van der Waals surface area contributed by atoms with Crippen LogP contribution in [0.3, 0.4) is 0 Å². The van der Waals surface area contributed by atoms with Crippen molar-refractivity contribution in [1.29, 1.82) is 0 Å². The lowest BCUT2D eigenvalue weighted by Gasteiger charge is -2.29. The molecule has 0 unspecified atom stereocenters. The van der Waals surface area contributed by atoms with Crippen molar-refractivity contribution in [2.75, 3.05) is 18.8 Å². The fraction of sp³-hybridized carbons (Fsp3) is 0.571. The van der Waals surface area contributed by atoms with Gasteiger partial charge in [-0.25, -0.2) is 12.7 Å². The van der Waals surface area contributed by atoms with Gasteiger partial charge in [0.15, 0.2) is 0 Å². The zero-order chi connectivity index (χ0) is 15.6. The molecule has 0 aliphatic heterocycles. The lowest BCUT2D eigenvalue weighted by atomic mass is 9.86. The highest BCUT2D eigenvalue weighted by Gasteiger charge is 2.32. The molecule has 0 aromatic heterocycles. The molecule has 0 atom stereocenters. The predicted molar refractivity (Wildman–Crippen MR) is 79.5 cm³/mol. The van der Waals surface area contributed by atoms with Crippen molar-refractivity contribution in [1.82, 2.24) is 4.31 Å².